The SMILES string of the molecule is CC(c1ccc(C(F)(F)F)nc1)N1C[C@@H](C(=O)O)n2nc3c(c2C1=O)CN(C(=O)c1ccc(Cl)c(Cl)c1)[C@H](C)C3. The van der Waals surface area contributed by atoms with Crippen molar-refractivity contribution >= 4 is 41.0 Å². The lowest BCUT2D eigenvalue weighted by Gasteiger charge is -2.37. The zero-order valence-corrected chi connectivity index (χ0v) is 22.6. The average Bonchev–Trinajstić information content (AvgIpc) is 3.27. The minimum absolute atomic E-state index is 0.00690. The van der Waals surface area contributed by atoms with Crippen LogP contribution in [0.3, 0.4) is 0 Å². The van der Waals surface area contributed by atoms with E-state index < -0.39 is 35.8 Å². The molecular weight excluding hydrogens is 574 g/mol. The van der Waals surface area contributed by atoms with E-state index in [1.807, 2.05) is 6.92 Å². The summed E-state index contributed by atoms with van der Waals surface area (Å²) in [6.07, 6.45) is -3.32. The number of hydrogen-bond acceptors (Lipinski definition) is 5. The molecule has 210 valence electrons. The molecule has 0 fully saturated rings. The topological polar surface area (TPSA) is 109 Å². The molecule has 2 aliphatic heterocycles. The number of fused-ring (bicyclic) bond motifs is 3. The molecule has 14 heteroatoms. The number of rotatable bonds is 4. The van der Waals surface area contributed by atoms with Gasteiger partial charge in [-0.25, -0.2) is 9.48 Å². The number of nitrogens with zero attached hydrogens (tertiary/aromatic N) is 5. The van der Waals surface area contributed by atoms with Crippen LogP contribution >= 0.6 is 23.2 Å². The molecule has 4 heterocycles. The van der Waals surface area contributed by atoms with Gasteiger partial charge in [0.15, 0.2) is 6.04 Å². The van der Waals surface area contributed by atoms with Crippen molar-refractivity contribution in [3.8, 4) is 0 Å². The third-order valence-corrected chi connectivity index (χ3v) is 8.05. The van der Waals surface area contributed by atoms with Gasteiger partial charge in [-0.1, -0.05) is 29.3 Å². The third-order valence-electron chi connectivity index (χ3n) is 7.31. The highest BCUT2D eigenvalue weighted by Crippen LogP contribution is 2.36. The number of hydrogen-bond donors (Lipinski definition) is 1. The van der Waals surface area contributed by atoms with Gasteiger partial charge in [-0.15, -0.1) is 0 Å². The van der Waals surface area contributed by atoms with Crippen LogP contribution in [0.15, 0.2) is 36.5 Å². The molecule has 0 aliphatic carbocycles. The van der Waals surface area contributed by atoms with Gasteiger partial charge in [-0.05, 0) is 43.7 Å². The Morgan fingerprint density at radius 3 is 2.48 bits per heavy atom. The minimum atomic E-state index is -4.62. The highest BCUT2D eigenvalue weighted by molar-refractivity contribution is 6.42. The van der Waals surface area contributed by atoms with Crippen molar-refractivity contribution < 1.29 is 32.7 Å². The van der Waals surface area contributed by atoms with Crippen LogP contribution < -0.4 is 0 Å². The van der Waals surface area contributed by atoms with Gasteiger partial charge >= 0.3 is 12.1 Å². The van der Waals surface area contributed by atoms with Gasteiger partial charge in [0.25, 0.3) is 11.8 Å². The lowest BCUT2D eigenvalue weighted by molar-refractivity contribution is -0.142. The Bertz CT molecular complexity index is 1530. The van der Waals surface area contributed by atoms with Gasteiger partial charge < -0.3 is 14.9 Å². The van der Waals surface area contributed by atoms with Gasteiger partial charge in [0, 0.05) is 29.8 Å². The van der Waals surface area contributed by atoms with Gasteiger partial charge in [0.2, 0.25) is 0 Å². The predicted octanol–water partition coefficient (Wildman–Crippen LogP) is 5.03. The Morgan fingerprint density at radius 1 is 1.15 bits per heavy atom. The van der Waals surface area contributed by atoms with E-state index in [-0.39, 0.29) is 42.2 Å². The molecule has 3 atom stereocenters. The molecule has 0 saturated heterocycles. The zero-order chi connectivity index (χ0) is 29.1. The number of carbonyl (C=O) groups excluding carboxylic acids is 2. The number of aliphatic carboxylic acids is 1. The van der Waals surface area contributed by atoms with E-state index in [1.165, 1.54) is 27.8 Å². The fraction of sp³-hybridized carbons (Fsp3) is 0.346. The standard InChI is InChI=1S/C26H22Cl2F3N5O4/c1-12-7-19-16(10-34(12)23(37)14-3-5-17(27)18(28)8-14)22-24(38)35(11-20(25(39)40)36(22)33-19)13(2)15-4-6-21(32-9-15)26(29,30)31/h3-6,8-9,12-13,20H,7,10-11H2,1-2H3,(H,39,40)/t12-,13?,20+/m1/s1. The first-order valence-electron chi connectivity index (χ1n) is 12.2. The van der Waals surface area contributed by atoms with Crippen LogP contribution in [-0.4, -0.2) is 60.0 Å². The smallest absolute Gasteiger partial charge is 0.433 e. The number of benzene rings is 1. The van der Waals surface area contributed by atoms with Gasteiger partial charge in [-0.2, -0.15) is 18.3 Å². The van der Waals surface area contributed by atoms with Crippen LogP contribution in [0.2, 0.25) is 10.0 Å². The minimum Gasteiger partial charge on any atom is -0.480 e. The van der Waals surface area contributed by atoms with Crippen molar-refractivity contribution in [1.82, 2.24) is 24.6 Å². The molecule has 9 nitrogen and oxygen atoms in total. The number of halogens is 5. The molecule has 3 aromatic rings. The van der Waals surface area contributed by atoms with Crippen LogP contribution in [0.5, 0.6) is 0 Å². The highest BCUT2D eigenvalue weighted by atomic mass is 35.5. The molecular formula is C26H22Cl2F3N5O4. The summed E-state index contributed by atoms with van der Waals surface area (Å²) in [4.78, 5) is 45.8. The summed E-state index contributed by atoms with van der Waals surface area (Å²) in [5.74, 6) is -2.13. The van der Waals surface area contributed by atoms with Gasteiger partial charge in [0.1, 0.15) is 11.4 Å². The average molecular weight is 596 g/mol. The second kappa shape index (κ2) is 10.1. The summed E-state index contributed by atoms with van der Waals surface area (Å²) in [6.45, 7) is 3.14. The van der Waals surface area contributed by atoms with Gasteiger partial charge in [-0.3, -0.25) is 14.6 Å². The summed E-state index contributed by atoms with van der Waals surface area (Å²) in [7, 11) is 0. The maximum Gasteiger partial charge on any atom is 0.433 e. The largest absolute Gasteiger partial charge is 0.480 e. The lowest BCUT2D eigenvalue weighted by atomic mass is 9.96. The van der Waals surface area contributed by atoms with Crippen molar-refractivity contribution in [1.29, 1.82) is 0 Å². The van der Waals surface area contributed by atoms with Crippen LogP contribution in [0.25, 0.3) is 0 Å². The van der Waals surface area contributed by atoms with Crippen LogP contribution in [-0.2, 0) is 23.9 Å². The molecule has 1 unspecified atom stereocenters. The molecule has 2 amide bonds. The highest BCUT2D eigenvalue weighted by Gasteiger charge is 2.44. The molecule has 0 bridgehead atoms. The predicted molar refractivity (Wildman–Crippen MR) is 137 cm³/mol. The number of carboxylic acid groups (broad SMARTS) is 1. The fourth-order valence-electron chi connectivity index (χ4n) is 5.08. The summed E-state index contributed by atoms with van der Waals surface area (Å²) in [5, 5.41) is 15.0. The number of amides is 2. The van der Waals surface area contributed by atoms with Gasteiger partial charge in [0.05, 0.1) is 34.9 Å². The summed E-state index contributed by atoms with van der Waals surface area (Å²) in [6, 6.07) is 4.18. The van der Waals surface area contributed by atoms with E-state index in [0.29, 0.717) is 27.4 Å². The second-order valence-electron chi connectivity index (χ2n) is 9.80. The number of aromatic nitrogens is 3. The van der Waals surface area contributed by atoms with Crippen molar-refractivity contribution in [3.63, 3.8) is 0 Å². The first kappa shape index (κ1) is 27.9. The Hall–Kier alpha value is -3.64. The van der Waals surface area contributed by atoms with Crippen molar-refractivity contribution in [2.45, 2.75) is 51.1 Å². The molecule has 2 aliphatic rings. The molecule has 1 aromatic carbocycles. The maximum absolute atomic E-state index is 13.8. The summed E-state index contributed by atoms with van der Waals surface area (Å²) >= 11 is 12.1. The van der Waals surface area contributed by atoms with Crippen LogP contribution in [0.4, 0.5) is 13.2 Å². The molecule has 5 rings (SSSR count). The first-order valence-corrected chi connectivity index (χ1v) is 13.0. The monoisotopic (exact) mass is 595 g/mol. The van der Waals surface area contributed by atoms with E-state index in [0.717, 1.165) is 12.3 Å². The Morgan fingerprint density at radius 2 is 1.88 bits per heavy atom. The summed E-state index contributed by atoms with van der Waals surface area (Å²) in [5.41, 5.74) is 0.475. The molecule has 40 heavy (non-hydrogen) atoms. The van der Waals surface area contributed by atoms with E-state index in [9.17, 15) is 32.7 Å². The molecule has 1 N–H and O–H groups in total. The quantitative estimate of drug-likeness (QED) is 0.453. The van der Waals surface area contributed by atoms with E-state index >= 15 is 0 Å². The lowest BCUT2D eigenvalue weighted by Crippen LogP contribution is -2.47. The third kappa shape index (κ3) is 4.79. The second-order valence-corrected chi connectivity index (χ2v) is 10.6. The fourth-order valence-corrected chi connectivity index (χ4v) is 5.38. The molecule has 2 aromatic heterocycles. The summed E-state index contributed by atoms with van der Waals surface area (Å²) < 4.78 is 40.1. The van der Waals surface area contributed by atoms with Crippen LogP contribution in [0, 0.1) is 0 Å². The number of pyridine rings is 1. The van der Waals surface area contributed by atoms with Crippen molar-refractivity contribution in [2.24, 2.45) is 0 Å². The van der Waals surface area contributed by atoms with E-state index in [1.54, 1.807) is 17.9 Å². The zero-order valence-electron chi connectivity index (χ0n) is 21.1. The Labute approximate surface area is 236 Å². The number of alkyl halides is 3. The Kier molecular flexibility index (Phi) is 7.03. The normalized spacial score (nSPS) is 19.7. The molecule has 0 saturated carbocycles. The maximum atomic E-state index is 13.8. The van der Waals surface area contributed by atoms with Crippen molar-refractivity contribution in [3.05, 3.63) is 80.3 Å². The van der Waals surface area contributed by atoms with Crippen LogP contribution in [0.1, 0.15) is 69.3 Å². The van der Waals surface area contributed by atoms with E-state index in [2.05, 4.69) is 10.1 Å². The Balaban J connectivity index is 1.50. The molecule has 0 spiro atoms. The van der Waals surface area contributed by atoms with E-state index in [4.69, 9.17) is 23.2 Å². The first-order chi connectivity index (χ1) is 18.8. The van der Waals surface area contributed by atoms with Crippen molar-refractivity contribution in [2.75, 3.05) is 6.54 Å². The molecule has 0 radical (unpaired) electrons. The number of carbonyl (C=O) groups is 3. The number of carboxylic acids is 1.